The van der Waals surface area contributed by atoms with Gasteiger partial charge in [-0.05, 0) is 12.1 Å². The van der Waals surface area contributed by atoms with Crippen LogP contribution >= 0.6 is 0 Å². The predicted molar refractivity (Wildman–Crippen MR) is 66.4 cm³/mol. The molecule has 0 unspecified atom stereocenters. The van der Waals surface area contributed by atoms with Crippen molar-refractivity contribution < 1.29 is 17.9 Å². The molecule has 2 aromatic rings. The highest BCUT2D eigenvalue weighted by atomic mass is 19.4. The van der Waals surface area contributed by atoms with Gasteiger partial charge in [-0.3, -0.25) is 4.98 Å². The molecule has 0 amide bonds. The lowest BCUT2D eigenvalue weighted by Gasteiger charge is -2.10. The number of ether oxygens (including phenoxy) is 1. The highest BCUT2D eigenvalue weighted by molar-refractivity contribution is 5.61. The van der Waals surface area contributed by atoms with Gasteiger partial charge in [0.05, 0.1) is 19.0 Å². The van der Waals surface area contributed by atoms with Crippen molar-refractivity contribution in [2.45, 2.75) is 6.18 Å². The van der Waals surface area contributed by atoms with Crippen molar-refractivity contribution in [3.63, 3.8) is 0 Å². The highest BCUT2D eigenvalue weighted by Gasteiger charge is 2.33. The van der Waals surface area contributed by atoms with Crippen LogP contribution in [0.4, 0.5) is 19.1 Å². The molecule has 5 nitrogen and oxygen atoms in total. The van der Waals surface area contributed by atoms with Gasteiger partial charge in [-0.25, -0.2) is 9.97 Å². The van der Waals surface area contributed by atoms with E-state index in [4.69, 9.17) is 4.74 Å². The first-order valence-corrected chi connectivity index (χ1v) is 5.57. The topological polar surface area (TPSA) is 59.9 Å². The van der Waals surface area contributed by atoms with Gasteiger partial charge in [0, 0.05) is 18.8 Å². The van der Waals surface area contributed by atoms with E-state index in [9.17, 15) is 13.2 Å². The van der Waals surface area contributed by atoms with Crippen LogP contribution in [0.25, 0.3) is 11.3 Å². The number of anilines is 1. The fraction of sp³-hybridized carbons (Fsp3) is 0.250. The van der Waals surface area contributed by atoms with Crippen LogP contribution in [0, 0.1) is 0 Å². The molecule has 1 N–H and O–H groups in total. The van der Waals surface area contributed by atoms with Gasteiger partial charge in [0.15, 0.2) is 5.69 Å². The Labute approximate surface area is 112 Å². The van der Waals surface area contributed by atoms with Crippen molar-refractivity contribution in [3.05, 3.63) is 30.2 Å². The monoisotopic (exact) mass is 284 g/mol. The minimum atomic E-state index is -4.55. The zero-order valence-corrected chi connectivity index (χ0v) is 10.7. The molecule has 0 radical (unpaired) electrons. The van der Waals surface area contributed by atoms with Crippen molar-refractivity contribution in [1.29, 1.82) is 0 Å². The molecule has 0 aliphatic heterocycles. The van der Waals surface area contributed by atoms with Crippen molar-refractivity contribution in [2.24, 2.45) is 0 Å². The van der Waals surface area contributed by atoms with E-state index in [1.54, 1.807) is 6.07 Å². The van der Waals surface area contributed by atoms with Crippen molar-refractivity contribution in [3.8, 4) is 17.0 Å². The van der Waals surface area contributed by atoms with Crippen LogP contribution in [-0.2, 0) is 6.18 Å². The minimum Gasteiger partial charge on any atom is -0.495 e. The van der Waals surface area contributed by atoms with E-state index in [0.29, 0.717) is 11.3 Å². The summed E-state index contributed by atoms with van der Waals surface area (Å²) < 4.78 is 43.3. The number of nitrogens with zero attached hydrogens (tertiary/aromatic N) is 3. The highest BCUT2D eigenvalue weighted by Crippen LogP contribution is 2.31. The minimum absolute atomic E-state index is 0.113. The van der Waals surface area contributed by atoms with Crippen LogP contribution in [0.2, 0.25) is 0 Å². The molecule has 2 rings (SSSR count). The van der Waals surface area contributed by atoms with Gasteiger partial charge in [0.1, 0.15) is 5.75 Å². The molecular formula is C12H11F3N4O. The van der Waals surface area contributed by atoms with Crippen molar-refractivity contribution >= 4 is 5.95 Å². The zero-order valence-electron chi connectivity index (χ0n) is 10.7. The van der Waals surface area contributed by atoms with Crippen molar-refractivity contribution in [1.82, 2.24) is 15.0 Å². The van der Waals surface area contributed by atoms with Crippen LogP contribution in [0.5, 0.6) is 5.75 Å². The predicted octanol–water partition coefficient (Wildman–Crippen LogP) is 2.61. The molecule has 0 aromatic carbocycles. The molecular weight excluding hydrogens is 273 g/mol. The van der Waals surface area contributed by atoms with Crippen LogP contribution in [0.15, 0.2) is 24.5 Å². The standard InChI is InChI=1S/C12H11F3N4O/c1-16-11-18-9(4-10(19-11)12(13,14)15)7-3-8(20-2)6-17-5-7/h3-6H,1-2H3,(H,16,18,19). The maximum Gasteiger partial charge on any atom is 0.433 e. The number of rotatable bonds is 3. The van der Waals surface area contributed by atoms with Crippen LogP contribution in [0.3, 0.4) is 0 Å². The van der Waals surface area contributed by atoms with Gasteiger partial charge >= 0.3 is 6.18 Å². The summed E-state index contributed by atoms with van der Waals surface area (Å²) in [7, 11) is 2.89. The van der Waals surface area contributed by atoms with E-state index in [0.717, 1.165) is 6.07 Å². The first kappa shape index (κ1) is 14.0. The van der Waals surface area contributed by atoms with Gasteiger partial charge in [-0.15, -0.1) is 0 Å². The summed E-state index contributed by atoms with van der Waals surface area (Å²) in [5, 5.41) is 2.50. The number of aromatic nitrogens is 3. The van der Waals surface area contributed by atoms with E-state index in [1.165, 1.54) is 26.6 Å². The van der Waals surface area contributed by atoms with E-state index in [1.807, 2.05) is 0 Å². The van der Waals surface area contributed by atoms with E-state index >= 15 is 0 Å². The van der Waals surface area contributed by atoms with Gasteiger partial charge in [-0.2, -0.15) is 13.2 Å². The average Bonchev–Trinajstić information content (AvgIpc) is 2.46. The quantitative estimate of drug-likeness (QED) is 0.938. The molecule has 0 aliphatic rings. The van der Waals surface area contributed by atoms with E-state index < -0.39 is 11.9 Å². The molecule has 8 heteroatoms. The molecule has 20 heavy (non-hydrogen) atoms. The molecule has 106 valence electrons. The second-order valence-electron chi connectivity index (χ2n) is 3.82. The number of methoxy groups -OCH3 is 1. The van der Waals surface area contributed by atoms with E-state index in [2.05, 4.69) is 20.3 Å². The van der Waals surface area contributed by atoms with Crippen LogP contribution < -0.4 is 10.1 Å². The maximum absolute atomic E-state index is 12.8. The Morgan fingerprint density at radius 3 is 2.50 bits per heavy atom. The summed E-state index contributed by atoms with van der Waals surface area (Å²) >= 11 is 0. The van der Waals surface area contributed by atoms with Crippen LogP contribution in [-0.4, -0.2) is 29.1 Å². The first-order chi connectivity index (χ1) is 9.44. The zero-order chi connectivity index (χ0) is 14.8. The second kappa shape index (κ2) is 5.32. The van der Waals surface area contributed by atoms with Gasteiger partial charge in [0.25, 0.3) is 0 Å². The Morgan fingerprint density at radius 1 is 1.15 bits per heavy atom. The smallest absolute Gasteiger partial charge is 0.433 e. The summed E-state index contributed by atoms with van der Waals surface area (Å²) in [6.07, 6.45) is -1.69. The molecule has 0 atom stereocenters. The molecule has 0 spiro atoms. The maximum atomic E-state index is 12.8. The van der Waals surface area contributed by atoms with Crippen LogP contribution in [0.1, 0.15) is 5.69 Å². The molecule has 0 saturated carbocycles. The molecule has 0 bridgehead atoms. The summed E-state index contributed by atoms with van der Waals surface area (Å²) in [5.74, 6) is 0.318. The number of halogens is 3. The largest absolute Gasteiger partial charge is 0.495 e. The SMILES string of the molecule is CNc1nc(-c2cncc(OC)c2)cc(C(F)(F)F)n1. The summed E-state index contributed by atoms with van der Waals surface area (Å²) in [4.78, 5) is 11.3. The average molecular weight is 284 g/mol. The lowest BCUT2D eigenvalue weighted by Crippen LogP contribution is -2.11. The Morgan fingerprint density at radius 2 is 1.90 bits per heavy atom. The number of alkyl halides is 3. The third kappa shape index (κ3) is 2.95. The van der Waals surface area contributed by atoms with Gasteiger partial charge in [0.2, 0.25) is 5.95 Å². The molecule has 0 saturated heterocycles. The number of nitrogens with one attached hydrogen (secondary N) is 1. The summed E-state index contributed by atoms with van der Waals surface area (Å²) in [6.45, 7) is 0. The third-order valence-corrected chi connectivity index (χ3v) is 2.48. The fourth-order valence-corrected chi connectivity index (χ4v) is 1.52. The Hall–Kier alpha value is -2.38. The summed E-state index contributed by atoms with van der Waals surface area (Å²) in [6, 6.07) is 2.42. The first-order valence-electron chi connectivity index (χ1n) is 5.57. The molecule has 0 fully saturated rings. The Kier molecular flexibility index (Phi) is 3.73. The Balaban J connectivity index is 2.55. The lowest BCUT2D eigenvalue weighted by atomic mass is 10.2. The molecule has 2 aromatic heterocycles. The Bertz CT molecular complexity index is 616. The summed E-state index contributed by atoms with van der Waals surface area (Å²) in [5.41, 5.74) is -0.494. The van der Waals surface area contributed by atoms with Gasteiger partial charge < -0.3 is 10.1 Å². The molecule has 2 heterocycles. The second-order valence-corrected chi connectivity index (χ2v) is 3.82. The number of hydrogen-bond donors (Lipinski definition) is 1. The third-order valence-electron chi connectivity index (χ3n) is 2.48. The normalized spacial score (nSPS) is 11.2. The lowest BCUT2D eigenvalue weighted by molar-refractivity contribution is -0.141. The molecule has 0 aliphatic carbocycles. The number of hydrogen-bond acceptors (Lipinski definition) is 5. The van der Waals surface area contributed by atoms with Gasteiger partial charge in [-0.1, -0.05) is 0 Å². The van der Waals surface area contributed by atoms with Crippen molar-refractivity contribution in [2.75, 3.05) is 19.5 Å². The number of pyridine rings is 1. The van der Waals surface area contributed by atoms with E-state index in [-0.39, 0.29) is 11.6 Å². The fourth-order valence-electron chi connectivity index (χ4n) is 1.52.